The fraction of sp³-hybridized carbons (Fsp3) is 0.250. The molecule has 0 atom stereocenters. The van der Waals surface area contributed by atoms with Gasteiger partial charge in [-0.25, -0.2) is 4.39 Å². The molecule has 0 saturated carbocycles. The van der Waals surface area contributed by atoms with Gasteiger partial charge in [0.05, 0.1) is 0 Å². The van der Waals surface area contributed by atoms with Crippen LogP contribution in [0.1, 0.15) is 18.9 Å². The van der Waals surface area contributed by atoms with Crippen molar-refractivity contribution in [2.24, 2.45) is 0 Å². The lowest BCUT2D eigenvalue weighted by molar-refractivity contribution is 0.603. The van der Waals surface area contributed by atoms with E-state index in [0.717, 1.165) is 18.7 Å². The van der Waals surface area contributed by atoms with E-state index >= 15 is 0 Å². The van der Waals surface area contributed by atoms with Gasteiger partial charge in [-0.05, 0) is 42.8 Å². The van der Waals surface area contributed by atoms with E-state index in [1.54, 1.807) is 12.1 Å². The Morgan fingerprint density at radius 3 is 2.45 bits per heavy atom. The van der Waals surface area contributed by atoms with Gasteiger partial charge in [-0.1, -0.05) is 24.6 Å². The Bertz CT molecular complexity index is 549. The van der Waals surface area contributed by atoms with Gasteiger partial charge in [0.25, 0.3) is 0 Å². The summed E-state index contributed by atoms with van der Waals surface area (Å²) >= 11 is 6.10. The van der Waals surface area contributed by atoms with E-state index in [1.165, 1.54) is 6.07 Å². The van der Waals surface area contributed by atoms with Crippen LogP contribution in [-0.4, -0.2) is 6.54 Å². The van der Waals surface area contributed by atoms with Crippen molar-refractivity contribution in [1.82, 2.24) is 0 Å². The van der Waals surface area contributed by atoms with E-state index in [9.17, 15) is 4.39 Å². The van der Waals surface area contributed by atoms with Gasteiger partial charge in [0.15, 0.2) is 0 Å². The molecule has 2 nitrogen and oxygen atoms in total. The minimum absolute atomic E-state index is 0.269. The van der Waals surface area contributed by atoms with Gasteiger partial charge >= 0.3 is 0 Å². The average Bonchev–Trinajstić information content (AvgIpc) is 2.43. The SMILES string of the molecule is CCCN(Cc1c(F)cccc1Cl)c1ccc(N)cc1. The molecule has 0 spiro atoms. The summed E-state index contributed by atoms with van der Waals surface area (Å²) in [5.41, 5.74) is 7.96. The van der Waals surface area contributed by atoms with Crippen molar-refractivity contribution in [3.8, 4) is 0 Å². The Balaban J connectivity index is 2.28. The lowest BCUT2D eigenvalue weighted by atomic mass is 10.1. The highest BCUT2D eigenvalue weighted by molar-refractivity contribution is 6.31. The van der Waals surface area contributed by atoms with Crippen molar-refractivity contribution in [3.05, 3.63) is 58.9 Å². The molecule has 0 radical (unpaired) electrons. The van der Waals surface area contributed by atoms with Gasteiger partial charge in [-0.15, -0.1) is 0 Å². The number of hydrogen-bond acceptors (Lipinski definition) is 2. The summed E-state index contributed by atoms with van der Waals surface area (Å²) in [6.45, 7) is 3.37. The van der Waals surface area contributed by atoms with E-state index in [2.05, 4.69) is 11.8 Å². The summed E-state index contributed by atoms with van der Waals surface area (Å²) < 4.78 is 13.9. The number of hydrogen-bond donors (Lipinski definition) is 1. The van der Waals surface area contributed by atoms with Gasteiger partial charge in [0, 0.05) is 35.1 Å². The molecule has 0 aliphatic carbocycles. The number of nitrogens with zero attached hydrogens (tertiary/aromatic N) is 1. The van der Waals surface area contributed by atoms with Gasteiger partial charge < -0.3 is 10.6 Å². The minimum atomic E-state index is -0.269. The van der Waals surface area contributed by atoms with Gasteiger partial charge in [0.1, 0.15) is 5.82 Å². The first-order chi connectivity index (χ1) is 9.61. The molecule has 0 heterocycles. The average molecular weight is 293 g/mol. The van der Waals surface area contributed by atoms with E-state index in [1.807, 2.05) is 24.3 Å². The van der Waals surface area contributed by atoms with Crippen LogP contribution < -0.4 is 10.6 Å². The molecule has 0 unspecified atom stereocenters. The molecule has 20 heavy (non-hydrogen) atoms. The van der Waals surface area contributed by atoms with Crippen LogP contribution in [0.5, 0.6) is 0 Å². The first-order valence-electron chi connectivity index (χ1n) is 6.65. The van der Waals surface area contributed by atoms with Crippen molar-refractivity contribution >= 4 is 23.0 Å². The topological polar surface area (TPSA) is 29.3 Å². The number of halogens is 2. The normalized spacial score (nSPS) is 10.6. The van der Waals surface area contributed by atoms with Crippen LogP contribution in [-0.2, 0) is 6.54 Å². The highest BCUT2D eigenvalue weighted by atomic mass is 35.5. The first-order valence-corrected chi connectivity index (χ1v) is 7.03. The maximum absolute atomic E-state index is 13.9. The summed E-state index contributed by atoms with van der Waals surface area (Å²) in [5, 5.41) is 0.460. The maximum Gasteiger partial charge on any atom is 0.129 e. The van der Waals surface area contributed by atoms with E-state index < -0.39 is 0 Å². The molecule has 0 saturated heterocycles. The molecule has 0 fully saturated rings. The Labute approximate surface area is 124 Å². The van der Waals surface area contributed by atoms with Crippen molar-refractivity contribution in [2.45, 2.75) is 19.9 Å². The minimum Gasteiger partial charge on any atom is -0.399 e. The zero-order chi connectivity index (χ0) is 14.5. The number of benzene rings is 2. The smallest absolute Gasteiger partial charge is 0.129 e. The van der Waals surface area contributed by atoms with Crippen molar-refractivity contribution in [1.29, 1.82) is 0 Å². The summed E-state index contributed by atoms with van der Waals surface area (Å²) in [4.78, 5) is 2.10. The standard InChI is InChI=1S/C16H18ClFN2/c1-2-10-20(13-8-6-12(19)7-9-13)11-14-15(17)4-3-5-16(14)18/h3-9H,2,10-11,19H2,1H3. The summed E-state index contributed by atoms with van der Waals surface area (Å²) in [6.07, 6.45) is 0.969. The second-order valence-corrected chi connectivity index (χ2v) is 5.12. The molecule has 2 aromatic carbocycles. The molecule has 0 aromatic heterocycles. The van der Waals surface area contributed by atoms with E-state index in [4.69, 9.17) is 17.3 Å². The second kappa shape index (κ2) is 6.62. The van der Waals surface area contributed by atoms with Crippen LogP contribution in [0.25, 0.3) is 0 Å². The van der Waals surface area contributed by atoms with E-state index in [-0.39, 0.29) is 5.82 Å². The lowest BCUT2D eigenvalue weighted by Gasteiger charge is -2.25. The lowest BCUT2D eigenvalue weighted by Crippen LogP contribution is -2.24. The van der Waals surface area contributed by atoms with Crippen LogP contribution in [0.15, 0.2) is 42.5 Å². The third kappa shape index (κ3) is 3.42. The fourth-order valence-electron chi connectivity index (χ4n) is 2.13. The van der Waals surface area contributed by atoms with Crippen molar-refractivity contribution in [3.63, 3.8) is 0 Å². The van der Waals surface area contributed by atoms with Gasteiger partial charge in [-0.2, -0.15) is 0 Å². The van der Waals surface area contributed by atoms with Crippen LogP contribution >= 0.6 is 11.6 Å². The third-order valence-corrected chi connectivity index (χ3v) is 3.52. The molecule has 0 aliphatic heterocycles. The maximum atomic E-state index is 13.9. The number of rotatable bonds is 5. The van der Waals surface area contributed by atoms with Gasteiger partial charge in [-0.3, -0.25) is 0 Å². The summed E-state index contributed by atoms with van der Waals surface area (Å²) in [7, 11) is 0. The van der Waals surface area contributed by atoms with Gasteiger partial charge in [0.2, 0.25) is 0 Å². The van der Waals surface area contributed by atoms with Crippen LogP contribution in [0.2, 0.25) is 5.02 Å². The molecule has 4 heteroatoms. The monoisotopic (exact) mass is 292 g/mol. The fourth-order valence-corrected chi connectivity index (χ4v) is 2.35. The zero-order valence-corrected chi connectivity index (χ0v) is 12.2. The highest BCUT2D eigenvalue weighted by Crippen LogP contribution is 2.24. The Morgan fingerprint density at radius 1 is 1.15 bits per heavy atom. The predicted octanol–water partition coefficient (Wildman–Crippen LogP) is 4.48. The molecule has 2 N–H and O–H groups in total. The Kier molecular flexibility index (Phi) is 4.85. The van der Waals surface area contributed by atoms with Crippen LogP contribution in [0.4, 0.5) is 15.8 Å². The third-order valence-electron chi connectivity index (χ3n) is 3.16. The molecular formula is C16H18ClFN2. The summed E-state index contributed by atoms with van der Waals surface area (Å²) in [5.74, 6) is -0.269. The second-order valence-electron chi connectivity index (χ2n) is 4.71. The molecule has 0 bridgehead atoms. The molecular weight excluding hydrogens is 275 g/mol. The predicted molar refractivity (Wildman–Crippen MR) is 83.6 cm³/mol. The number of anilines is 2. The molecule has 106 valence electrons. The molecule has 0 amide bonds. The molecule has 2 rings (SSSR count). The van der Waals surface area contributed by atoms with Crippen LogP contribution in [0.3, 0.4) is 0 Å². The van der Waals surface area contributed by atoms with Crippen molar-refractivity contribution in [2.75, 3.05) is 17.2 Å². The quantitative estimate of drug-likeness (QED) is 0.823. The Morgan fingerprint density at radius 2 is 1.85 bits per heavy atom. The molecule has 0 aliphatic rings. The zero-order valence-electron chi connectivity index (χ0n) is 11.4. The largest absolute Gasteiger partial charge is 0.399 e. The number of nitrogen functional groups attached to an aromatic ring is 1. The van der Waals surface area contributed by atoms with E-state index in [0.29, 0.717) is 22.8 Å². The van der Waals surface area contributed by atoms with Crippen LogP contribution in [0, 0.1) is 5.82 Å². The van der Waals surface area contributed by atoms with Crippen molar-refractivity contribution < 1.29 is 4.39 Å². The first kappa shape index (κ1) is 14.7. The number of nitrogens with two attached hydrogens (primary N) is 1. The highest BCUT2D eigenvalue weighted by Gasteiger charge is 2.12. The Hall–Kier alpha value is -1.74. The summed E-state index contributed by atoms with van der Waals surface area (Å²) in [6, 6.07) is 12.4. The molecule has 2 aromatic rings.